The van der Waals surface area contributed by atoms with Crippen molar-refractivity contribution in [2.24, 2.45) is 0 Å². The topological polar surface area (TPSA) is 86.2 Å². The quantitative estimate of drug-likeness (QED) is 0.464. The predicted molar refractivity (Wildman–Crippen MR) is 91.4 cm³/mol. The summed E-state index contributed by atoms with van der Waals surface area (Å²) in [5.74, 6) is -0.212. The molecule has 1 heterocycles. The van der Waals surface area contributed by atoms with Crippen molar-refractivity contribution in [1.82, 2.24) is 9.97 Å². The summed E-state index contributed by atoms with van der Waals surface area (Å²) in [6, 6.07) is 0. The van der Waals surface area contributed by atoms with Crippen molar-refractivity contribution in [3.8, 4) is 0 Å². The number of aliphatic carboxylic acids is 1. The molecule has 23 heavy (non-hydrogen) atoms. The molecular formula is C18H32N2O3. The van der Waals surface area contributed by atoms with E-state index in [1.165, 1.54) is 38.5 Å². The predicted octanol–water partition coefficient (Wildman–Crippen LogP) is 4.55. The third-order valence-electron chi connectivity index (χ3n) is 4.28. The molecule has 0 radical (unpaired) electrons. The zero-order valence-corrected chi connectivity index (χ0v) is 14.6. The molecule has 0 saturated carbocycles. The van der Waals surface area contributed by atoms with Crippen LogP contribution in [0, 0.1) is 0 Å². The number of aliphatic hydroxyl groups excluding tert-OH is 1. The molecule has 132 valence electrons. The SMILES string of the molecule is CCCCCCCCCCC(CC(=O)O)c1ncc(C(C)O)[nH]1. The Morgan fingerprint density at radius 1 is 1.17 bits per heavy atom. The second-order valence-electron chi connectivity index (χ2n) is 6.46. The van der Waals surface area contributed by atoms with E-state index in [2.05, 4.69) is 16.9 Å². The molecule has 0 fully saturated rings. The first-order valence-electron chi connectivity index (χ1n) is 8.99. The van der Waals surface area contributed by atoms with Crippen molar-refractivity contribution in [1.29, 1.82) is 0 Å². The van der Waals surface area contributed by atoms with E-state index in [9.17, 15) is 9.90 Å². The average molecular weight is 324 g/mol. The Morgan fingerprint density at radius 2 is 1.78 bits per heavy atom. The lowest BCUT2D eigenvalue weighted by Crippen LogP contribution is -2.08. The molecule has 0 bridgehead atoms. The van der Waals surface area contributed by atoms with E-state index in [4.69, 9.17) is 5.11 Å². The molecular weight excluding hydrogens is 292 g/mol. The molecule has 3 N–H and O–H groups in total. The van der Waals surface area contributed by atoms with Gasteiger partial charge in [0.05, 0.1) is 24.4 Å². The van der Waals surface area contributed by atoms with Crippen LogP contribution in [0.4, 0.5) is 0 Å². The van der Waals surface area contributed by atoms with Crippen LogP contribution in [0.25, 0.3) is 0 Å². The molecule has 5 heteroatoms. The summed E-state index contributed by atoms with van der Waals surface area (Å²) in [5, 5.41) is 18.6. The highest BCUT2D eigenvalue weighted by atomic mass is 16.4. The Hall–Kier alpha value is -1.36. The van der Waals surface area contributed by atoms with Crippen LogP contribution < -0.4 is 0 Å². The van der Waals surface area contributed by atoms with Crippen LogP contribution >= 0.6 is 0 Å². The number of H-pyrrole nitrogens is 1. The molecule has 0 aliphatic rings. The maximum Gasteiger partial charge on any atom is 0.304 e. The molecule has 1 rings (SSSR count). The Kier molecular flexibility index (Phi) is 9.60. The van der Waals surface area contributed by atoms with Gasteiger partial charge in [0, 0.05) is 5.92 Å². The Labute approximate surface area is 139 Å². The lowest BCUT2D eigenvalue weighted by molar-refractivity contribution is -0.137. The van der Waals surface area contributed by atoms with Gasteiger partial charge in [0.1, 0.15) is 5.82 Å². The van der Waals surface area contributed by atoms with Gasteiger partial charge in [0.25, 0.3) is 0 Å². The van der Waals surface area contributed by atoms with E-state index in [1.807, 2.05) is 0 Å². The highest BCUT2D eigenvalue weighted by Gasteiger charge is 2.19. The lowest BCUT2D eigenvalue weighted by atomic mass is 9.96. The smallest absolute Gasteiger partial charge is 0.304 e. The number of rotatable bonds is 13. The number of hydrogen-bond donors (Lipinski definition) is 3. The molecule has 1 aromatic heterocycles. The van der Waals surface area contributed by atoms with E-state index in [0.29, 0.717) is 11.5 Å². The van der Waals surface area contributed by atoms with Crippen LogP contribution in [0.3, 0.4) is 0 Å². The Balaban J connectivity index is 2.35. The number of aliphatic hydroxyl groups is 1. The van der Waals surface area contributed by atoms with Gasteiger partial charge in [-0.05, 0) is 13.3 Å². The molecule has 0 spiro atoms. The van der Waals surface area contributed by atoms with E-state index < -0.39 is 12.1 Å². The van der Waals surface area contributed by atoms with Crippen LogP contribution in [0.2, 0.25) is 0 Å². The van der Waals surface area contributed by atoms with E-state index in [0.717, 1.165) is 19.3 Å². The molecule has 0 aromatic carbocycles. The van der Waals surface area contributed by atoms with Crippen molar-refractivity contribution < 1.29 is 15.0 Å². The summed E-state index contributed by atoms with van der Waals surface area (Å²) in [6.45, 7) is 3.89. The maximum atomic E-state index is 11.1. The minimum absolute atomic E-state index is 0.0866. The summed E-state index contributed by atoms with van der Waals surface area (Å²) < 4.78 is 0. The molecule has 0 amide bonds. The summed E-state index contributed by atoms with van der Waals surface area (Å²) in [7, 11) is 0. The average Bonchev–Trinajstić information content (AvgIpc) is 2.98. The third-order valence-corrected chi connectivity index (χ3v) is 4.28. The van der Waals surface area contributed by atoms with Crippen LogP contribution in [0.1, 0.15) is 102 Å². The fraction of sp³-hybridized carbons (Fsp3) is 0.778. The zero-order chi connectivity index (χ0) is 17.1. The van der Waals surface area contributed by atoms with E-state index in [-0.39, 0.29) is 12.3 Å². The zero-order valence-electron chi connectivity index (χ0n) is 14.6. The maximum absolute atomic E-state index is 11.1. The number of hydrogen-bond acceptors (Lipinski definition) is 3. The lowest BCUT2D eigenvalue weighted by Gasteiger charge is -2.12. The van der Waals surface area contributed by atoms with Crippen molar-refractivity contribution in [3.63, 3.8) is 0 Å². The van der Waals surface area contributed by atoms with Gasteiger partial charge in [0.15, 0.2) is 0 Å². The minimum atomic E-state index is -0.801. The number of carboxylic acid groups (broad SMARTS) is 1. The number of carbonyl (C=O) groups is 1. The van der Waals surface area contributed by atoms with Crippen LogP contribution in [0.15, 0.2) is 6.20 Å². The Bertz CT molecular complexity index is 443. The molecule has 5 nitrogen and oxygen atoms in total. The highest BCUT2D eigenvalue weighted by molar-refractivity contribution is 5.67. The number of carboxylic acids is 1. The molecule has 1 aromatic rings. The van der Waals surface area contributed by atoms with Crippen LogP contribution in [-0.4, -0.2) is 26.2 Å². The van der Waals surface area contributed by atoms with Gasteiger partial charge >= 0.3 is 5.97 Å². The highest BCUT2D eigenvalue weighted by Crippen LogP contribution is 2.25. The van der Waals surface area contributed by atoms with Gasteiger partial charge in [-0.1, -0.05) is 58.3 Å². The van der Waals surface area contributed by atoms with Crippen LogP contribution in [0.5, 0.6) is 0 Å². The van der Waals surface area contributed by atoms with Gasteiger partial charge in [-0.2, -0.15) is 0 Å². The summed E-state index contributed by atoms with van der Waals surface area (Å²) in [5.41, 5.74) is 0.645. The van der Waals surface area contributed by atoms with Gasteiger partial charge in [-0.3, -0.25) is 4.79 Å². The number of nitrogens with zero attached hydrogens (tertiary/aromatic N) is 1. The third kappa shape index (κ3) is 8.16. The first-order valence-corrected chi connectivity index (χ1v) is 8.99. The molecule has 0 aliphatic carbocycles. The first kappa shape index (κ1) is 19.7. The Morgan fingerprint density at radius 3 is 2.30 bits per heavy atom. The summed E-state index contributed by atoms with van der Waals surface area (Å²) in [6.07, 6.45) is 11.8. The summed E-state index contributed by atoms with van der Waals surface area (Å²) >= 11 is 0. The number of imidazole rings is 1. The second-order valence-corrected chi connectivity index (χ2v) is 6.46. The minimum Gasteiger partial charge on any atom is -0.481 e. The van der Waals surface area contributed by atoms with Crippen molar-refractivity contribution in [3.05, 3.63) is 17.7 Å². The second kappa shape index (κ2) is 11.2. The van der Waals surface area contributed by atoms with Crippen LogP contribution in [-0.2, 0) is 4.79 Å². The summed E-state index contributed by atoms with van der Waals surface area (Å²) in [4.78, 5) is 18.4. The molecule has 2 unspecified atom stereocenters. The number of aromatic amines is 1. The largest absolute Gasteiger partial charge is 0.481 e. The molecule has 0 saturated heterocycles. The van der Waals surface area contributed by atoms with E-state index >= 15 is 0 Å². The number of nitrogens with one attached hydrogen (secondary N) is 1. The molecule has 0 aliphatic heterocycles. The van der Waals surface area contributed by atoms with Crippen molar-refractivity contribution >= 4 is 5.97 Å². The number of aromatic nitrogens is 2. The fourth-order valence-corrected chi connectivity index (χ4v) is 2.84. The van der Waals surface area contributed by atoms with E-state index in [1.54, 1.807) is 13.1 Å². The van der Waals surface area contributed by atoms with Gasteiger partial charge in [0.2, 0.25) is 0 Å². The fourth-order valence-electron chi connectivity index (χ4n) is 2.84. The monoisotopic (exact) mass is 324 g/mol. The van der Waals surface area contributed by atoms with Crippen molar-refractivity contribution in [2.45, 2.75) is 90.1 Å². The van der Waals surface area contributed by atoms with Crippen molar-refractivity contribution in [2.75, 3.05) is 0 Å². The molecule has 2 atom stereocenters. The van der Waals surface area contributed by atoms with Gasteiger partial charge in [-0.15, -0.1) is 0 Å². The van der Waals surface area contributed by atoms with Gasteiger partial charge in [-0.25, -0.2) is 4.98 Å². The normalized spacial score (nSPS) is 13.9. The van der Waals surface area contributed by atoms with Gasteiger partial charge < -0.3 is 15.2 Å². The first-order chi connectivity index (χ1) is 11.0. The number of unbranched alkanes of at least 4 members (excludes halogenated alkanes) is 7. The standard InChI is InChI=1S/C18H32N2O3/c1-3-4-5-6-7-8-9-10-11-15(12-17(22)23)18-19-13-16(20-18)14(2)21/h13-15,21H,3-12H2,1-2H3,(H,19,20)(H,22,23).